The van der Waals surface area contributed by atoms with Gasteiger partial charge in [-0.3, -0.25) is 4.79 Å². The van der Waals surface area contributed by atoms with E-state index in [1.54, 1.807) is 38.3 Å². The standard InChI is InChI=1S/C18H27NO5/c1-13(24-12-16-5-3-4-10-23-16)18(21)19-11-17(20)14-6-8-15(22-2)9-7-14/h6-9,13,16-17,20H,3-5,10-12H2,1-2H3,(H,19,21). The fraction of sp³-hybridized carbons (Fsp3) is 0.611. The lowest BCUT2D eigenvalue weighted by molar-refractivity contribution is -0.136. The van der Waals surface area contributed by atoms with Crippen LogP contribution in [0.5, 0.6) is 5.75 Å². The zero-order valence-electron chi connectivity index (χ0n) is 14.4. The summed E-state index contributed by atoms with van der Waals surface area (Å²) < 4.78 is 16.2. The van der Waals surface area contributed by atoms with Crippen LogP contribution < -0.4 is 10.1 Å². The second-order valence-electron chi connectivity index (χ2n) is 6.00. The molecule has 0 bridgehead atoms. The zero-order valence-corrected chi connectivity index (χ0v) is 14.4. The monoisotopic (exact) mass is 337 g/mol. The van der Waals surface area contributed by atoms with Crippen molar-refractivity contribution in [1.29, 1.82) is 0 Å². The molecule has 1 aliphatic heterocycles. The molecule has 1 aromatic rings. The molecule has 1 saturated heterocycles. The van der Waals surface area contributed by atoms with E-state index >= 15 is 0 Å². The average molecular weight is 337 g/mol. The van der Waals surface area contributed by atoms with Crippen LogP contribution in [0, 0.1) is 0 Å². The van der Waals surface area contributed by atoms with E-state index in [2.05, 4.69) is 5.32 Å². The number of rotatable bonds is 8. The van der Waals surface area contributed by atoms with Crippen LogP contribution in [0.4, 0.5) is 0 Å². The van der Waals surface area contributed by atoms with Crippen LogP contribution in [0.2, 0.25) is 0 Å². The van der Waals surface area contributed by atoms with Crippen molar-refractivity contribution >= 4 is 5.91 Å². The molecule has 1 amide bonds. The van der Waals surface area contributed by atoms with Gasteiger partial charge < -0.3 is 24.6 Å². The molecular weight excluding hydrogens is 310 g/mol. The Morgan fingerprint density at radius 2 is 2.12 bits per heavy atom. The zero-order chi connectivity index (χ0) is 17.4. The normalized spacial score (nSPS) is 20.2. The number of aliphatic hydroxyl groups is 1. The van der Waals surface area contributed by atoms with Gasteiger partial charge in [-0.25, -0.2) is 0 Å². The Hall–Kier alpha value is -1.63. The van der Waals surface area contributed by atoms with E-state index in [0.717, 1.165) is 37.2 Å². The average Bonchev–Trinajstić information content (AvgIpc) is 2.64. The molecule has 2 N–H and O–H groups in total. The summed E-state index contributed by atoms with van der Waals surface area (Å²) in [6.07, 6.45) is 1.95. The van der Waals surface area contributed by atoms with Crippen LogP contribution in [-0.4, -0.2) is 50.1 Å². The summed E-state index contributed by atoms with van der Waals surface area (Å²) in [7, 11) is 1.59. The summed E-state index contributed by atoms with van der Waals surface area (Å²) in [5.74, 6) is 0.486. The third-order valence-corrected chi connectivity index (χ3v) is 4.15. The molecule has 0 aliphatic carbocycles. The number of benzene rings is 1. The van der Waals surface area contributed by atoms with Gasteiger partial charge in [0.2, 0.25) is 5.91 Å². The highest BCUT2D eigenvalue weighted by molar-refractivity contribution is 5.80. The minimum atomic E-state index is -0.770. The van der Waals surface area contributed by atoms with Gasteiger partial charge in [0.25, 0.3) is 0 Å². The first-order chi connectivity index (χ1) is 11.6. The Labute approximate surface area is 143 Å². The number of methoxy groups -OCH3 is 1. The molecule has 6 nitrogen and oxygen atoms in total. The second-order valence-corrected chi connectivity index (χ2v) is 6.00. The van der Waals surface area contributed by atoms with Gasteiger partial charge in [-0.15, -0.1) is 0 Å². The van der Waals surface area contributed by atoms with Crippen molar-refractivity contribution in [3.8, 4) is 5.75 Å². The summed E-state index contributed by atoms with van der Waals surface area (Å²) in [5.41, 5.74) is 0.722. The van der Waals surface area contributed by atoms with Gasteiger partial charge in [0.15, 0.2) is 0 Å². The third kappa shape index (κ3) is 5.78. The molecule has 1 aliphatic rings. The molecular formula is C18H27NO5. The summed E-state index contributed by atoms with van der Waals surface area (Å²) >= 11 is 0. The van der Waals surface area contributed by atoms with Crippen LogP contribution in [-0.2, 0) is 14.3 Å². The number of aliphatic hydroxyl groups excluding tert-OH is 1. The lowest BCUT2D eigenvalue weighted by Crippen LogP contribution is -2.38. The fourth-order valence-electron chi connectivity index (χ4n) is 2.55. The van der Waals surface area contributed by atoms with Crippen molar-refractivity contribution in [3.63, 3.8) is 0 Å². The highest BCUT2D eigenvalue weighted by Crippen LogP contribution is 2.17. The number of hydrogen-bond acceptors (Lipinski definition) is 5. The van der Waals surface area contributed by atoms with Gasteiger partial charge in [-0.05, 0) is 43.9 Å². The molecule has 0 radical (unpaired) electrons. The predicted octanol–water partition coefficient (Wildman–Crippen LogP) is 1.82. The van der Waals surface area contributed by atoms with Gasteiger partial charge >= 0.3 is 0 Å². The van der Waals surface area contributed by atoms with Gasteiger partial charge in [-0.2, -0.15) is 0 Å². The molecule has 2 rings (SSSR count). The van der Waals surface area contributed by atoms with Crippen molar-refractivity contribution in [2.45, 2.75) is 44.5 Å². The van der Waals surface area contributed by atoms with Crippen LogP contribution >= 0.6 is 0 Å². The number of ether oxygens (including phenoxy) is 3. The number of hydrogen-bond donors (Lipinski definition) is 2. The topological polar surface area (TPSA) is 77.0 Å². The smallest absolute Gasteiger partial charge is 0.248 e. The summed E-state index contributed by atoms with van der Waals surface area (Å²) in [5, 5.41) is 12.8. The van der Waals surface area contributed by atoms with Gasteiger partial charge in [0.1, 0.15) is 11.9 Å². The molecule has 24 heavy (non-hydrogen) atoms. The van der Waals surface area contributed by atoms with Crippen LogP contribution in [0.15, 0.2) is 24.3 Å². The Morgan fingerprint density at radius 3 is 2.75 bits per heavy atom. The molecule has 3 unspecified atom stereocenters. The Bertz CT molecular complexity index is 499. The molecule has 3 atom stereocenters. The first-order valence-corrected chi connectivity index (χ1v) is 8.43. The molecule has 134 valence electrons. The third-order valence-electron chi connectivity index (χ3n) is 4.15. The van der Waals surface area contributed by atoms with E-state index in [0.29, 0.717) is 6.61 Å². The maximum absolute atomic E-state index is 12.0. The summed E-state index contributed by atoms with van der Waals surface area (Å²) in [4.78, 5) is 12.0. The summed E-state index contributed by atoms with van der Waals surface area (Å²) in [6.45, 7) is 3.04. The van der Waals surface area contributed by atoms with Gasteiger partial charge in [0, 0.05) is 13.2 Å². The summed E-state index contributed by atoms with van der Waals surface area (Å²) in [6, 6.07) is 7.10. The fourth-order valence-corrected chi connectivity index (χ4v) is 2.55. The lowest BCUT2D eigenvalue weighted by atomic mass is 10.1. The van der Waals surface area contributed by atoms with Crippen molar-refractivity contribution in [1.82, 2.24) is 5.32 Å². The second kappa shape index (κ2) is 9.61. The first kappa shape index (κ1) is 18.7. The van der Waals surface area contributed by atoms with Crippen LogP contribution in [0.3, 0.4) is 0 Å². The minimum Gasteiger partial charge on any atom is -0.497 e. The van der Waals surface area contributed by atoms with E-state index < -0.39 is 12.2 Å². The van der Waals surface area contributed by atoms with Crippen molar-refractivity contribution in [2.24, 2.45) is 0 Å². The Morgan fingerprint density at radius 1 is 1.38 bits per heavy atom. The molecule has 0 spiro atoms. The number of carbonyl (C=O) groups is 1. The molecule has 1 aromatic carbocycles. The highest BCUT2D eigenvalue weighted by Gasteiger charge is 2.19. The van der Waals surface area contributed by atoms with Crippen molar-refractivity contribution in [2.75, 3.05) is 26.9 Å². The molecule has 1 fully saturated rings. The molecule has 6 heteroatoms. The van der Waals surface area contributed by atoms with Gasteiger partial charge in [-0.1, -0.05) is 12.1 Å². The Balaban J connectivity index is 1.70. The number of amides is 1. The molecule has 0 saturated carbocycles. The van der Waals surface area contributed by atoms with Crippen molar-refractivity contribution < 1.29 is 24.1 Å². The lowest BCUT2D eigenvalue weighted by Gasteiger charge is -2.24. The van der Waals surface area contributed by atoms with Crippen LogP contribution in [0.25, 0.3) is 0 Å². The molecule has 1 heterocycles. The van der Waals surface area contributed by atoms with Gasteiger partial charge in [0.05, 0.1) is 25.9 Å². The van der Waals surface area contributed by atoms with Crippen LogP contribution in [0.1, 0.15) is 37.9 Å². The quantitative estimate of drug-likeness (QED) is 0.757. The maximum atomic E-state index is 12.0. The highest BCUT2D eigenvalue weighted by atomic mass is 16.5. The van der Waals surface area contributed by atoms with E-state index in [1.807, 2.05) is 0 Å². The SMILES string of the molecule is COc1ccc(C(O)CNC(=O)C(C)OCC2CCCCO2)cc1. The first-order valence-electron chi connectivity index (χ1n) is 8.43. The maximum Gasteiger partial charge on any atom is 0.248 e. The van der Waals surface area contributed by atoms with E-state index in [9.17, 15) is 9.90 Å². The van der Waals surface area contributed by atoms with E-state index in [1.165, 1.54) is 0 Å². The predicted molar refractivity (Wildman–Crippen MR) is 90.0 cm³/mol. The van der Waals surface area contributed by atoms with Crippen molar-refractivity contribution in [3.05, 3.63) is 29.8 Å². The molecule has 0 aromatic heterocycles. The van der Waals surface area contributed by atoms with E-state index in [4.69, 9.17) is 14.2 Å². The largest absolute Gasteiger partial charge is 0.497 e. The van der Waals surface area contributed by atoms with E-state index in [-0.39, 0.29) is 18.6 Å². The number of nitrogens with one attached hydrogen (secondary N) is 1. The number of carbonyl (C=O) groups excluding carboxylic acids is 1. The Kier molecular flexibility index (Phi) is 7.49. The minimum absolute atomic E-state index is 0.0823.